The molecule has 32 heavy (non-hydrogen) atoms. The lowest BCUT2D eigenvalue weighted by molar-refractivity contribution is -0.131. The maximum Gasteiger partial charge on any atom is 0.222 e. The molecule has 0 bridgehead atoms. The quantitative estimate of drug-likeness (QED) is 0.461. The number of rotatable bonds is 8. The van der Waals surface area contributed by atoms with Gasteiger partial charge in [0.25, 0.3) is 0 Å². The van der Waals surface area contributed by atoms with E-state index in [-0.39, 0.29) is 0 Å². The van der Waals surface area contributed by atoms with E-state index in [1.165, 1.54) is 52.8 Å². The maximum atomic E-state index is 12.7. The Morgan fingerprint density at radius 2 is 1.91 bits per heavy atom. The Morgan fingerprint density at radius 3 is 2.62 bits per heavy atom. The van der Waals surface area contributed by atoms with Gasteiger partial charge < -0.3 is 9.80 Å². The maximum absolute atomic E-state index is 12.7. The third kappa shape index (κ3) is 4.95. The number of carbonyl (C=O) groups excluding carboxylic acids is 1. The van der Waals surface area contributed by atoms with Crippen molar-refractivity contribution in [2.75, 3.05) is 31.1 Å². The number of fused-ring (bicyclic) bond motifs is 3. The first-order chi connectivity index (χ1) is 15.5. The average molecular weight is 457 g/mol. The van der Waals surface area contributed by atoms with Crippen LogP contribution in [0.5, 0.6) is 0 Å². The molecular formula is C26H40N4OS. The minimum Gasteiger partial charge on any atom is -0.352 e. The van der Waals surface area contributed by atoms with Gasteiger partial charge in [-0.2, -0.15) is 0 Å². The molecule has 1 saturated heterocycles. The second-order valence-electron chi connectivity index (χ2n) is 9.93. The van der Waals surface area contributed by atoms with Crippen molar-refractivity contribution in [3.63, 3.8) is 0 Å². The molecule has 5 nitrogen and oxygen atoms in total. The lowest BCUT2D eigenvalue weighted by atomic mass is 9.89. The Hall–Kier alpha value is -1.69. The number of hydrogen-bond donors (Lipinski definition) is 0. The van der Waals surface area contributed by atoms with Crippen LogP contribution in [0.4, 0.5) is 5.82 Å². The Morgan fingerprint density at radius 1 is 1.12 bits per heavy atom. The molecule has 2 aromatic rings. The molecule has 1 aliphatic heterocycles. The van der Waals surface area contributed by atoms with Gasteiger partial charge in [0, 0.05) is 43.4 Å². The number of thiophene rings is 1. The summed E-state index contributed by atoms with van der Waals surface area (Å²) in [5.74, 6) is 3.56. The molecule has 0 unspecified atom stereocenters. The van der Waals surface area contributed by atoms with Crippen molar-refractivity contribution < 1.29 is 4.79 Å². The first kappa shape index (κ1) is 23.5. The summed E-state index contributed by atoms with van der Waals surface area (Å²) in [5, 5.41) is 1.31. The summed E-state index contributed by atoms with van der Waals surface area (Å²) >= 11 is 1.90. The van der Waals surface area contributed by atoms with Gasteiger partial charge in [0.2, 0.25) is 5.91 Å². The summed E-state index contributed by atoms with van der Waals surface area (Å²) in [7, 11) is 0. The largest absolute Gasteiger partial charge is 0.352 e. The van der Waals surface area contributed by atoms with E-state index in [1.54, 1.807) is 0 Å². The lowest BCUT2D eigenvalue weighted by Crippen LogP contribution is -2.49. The topological polar surface area (TPSA) is 49.3 Å². The lowest BCUT2D eigenvalue weighted by Gasteiger charge is -2.36. The van der Waals surface area contributed by atoms with Crippen molar-refractivity contribution in [3.8, 4) is 0 Å². The van der Waals surface area contributed by atoms with E-state index < -0.39 is 0 Å². The van der Waals surface area contributed by atoms with Crippen molar-refractivity contribution in [2.45, 2.75) is 91.4 Å². The number of piperazine rings is 1. The highest BCUT2D eigenvalue weighted by atomic mass is 32.1. The first-order valence-electron chi connectivity index (χ1n) is 12.9. The Bertz CT molecular complexity index is 932. The third-order valence-electron chi connectivity index (χ3n) is 7.38. The van der Waals surface area contributed by atoms with Gasteiger partial charge >= 0.3 is 0 Å². The van der Waals surface area contributed by atoms with Crippen LogP contribution < -0.4 is 4.90 Å². The molecule has 1 aliphatic carbocycles. The highest BCUT2D eigenvalue weighted by Crippen LogP contribution is 2.41. The van der Waals surface area contributed by atoms with Crippen LogP contribution in [0.3, 0.4) is 0 Å². The van der Waals surface area contributed by atoms with Gasteiger partial charge in [0.15, 0.2) is 0 Å². The van der Waals surface area contributed by atoms with Crippen LogP contribution >= 0.6 is 11.3 Å². The van der Waals surface area contributed by atoms with Crippen LogP contribution in [0, 0.1) is 5.92 Å². The number of hydrogen-bond acceptors (Lipinski definition) is 5. The molecule has 0 saturated carbocycles. The molecule has 1 fully saturated rings. The highest BCUT2D eigenvalue weighted by molar-refractivity contribution is 7.19. The molecule has 176 valence electrons. The fourth-order valence-corrected chi connectivity index (χ4v) is 6.38. The normalized spacial score (nSPS) is 19.9. The van der Waals surface area contributed by atoms with Gasteiger partial charge in [-0.15, -0.1) is 11.3 Å². The van der Waals surface area contributed by atoms with E-state index in [1.807, 2.05) is 11.3 Å². The zero-order valence-corrected chi connectivity index (χ0v) is 21.3. The molecule has 2 aliphatic rings. The second-order valence-corrected chi connectivity index (χ2v) is 11.0. The number of aryl methyl sites for hydroxylation is 1. The number of aromatic nitrogens is 2. The number of unbranched alkanes of at least 4 members (excludes halogenated alkanes) is 3. The van der Waals surface area contributed by atoms with Crippen molar-refractivity contribution >= 4 is 33.3 Å². The van der Waals surface area contributed by atoms with E-state index in [0.29, 0.717) is 18.2 Å². The summed E-state index contributed by atoms with van der Waals surface area (Å²) in [6, 6.07) is 0. The molecule has 2 atom stereocenters. The number of carbonyl (C=O) groups is 1. The van der Waals surface area contributed by atoms with E-state index in [4.69, 9.17) is 9.97 Å². The number of anilines is 1. The molecule has 4 rings (SSSR count). The van der Waals surface area contributed by atoms with Gasteiger partial charge in [-0.25, -0.2) is 9.97 Å². The van der Waals surface area contributed by atoms with E-state index in [2.05, 4.69) is 37.5 Å². The highest BCUT2D eigenvalue weighted by Gasteiger charge is 2.29. The molecule has 6 heteroatoms. The van der Waals surface area contributed by atoms with Crippen LogP contribution in [-0.4, -0.2) is 47.0 Å². The molecule has 3 heterocycles. The van der Waals surface area contributed by atoms with E-state index >= 15 is 0 Å². The Labute approximate surface area is 197 Å². The van der Waals surface area contributed by atoms with Gasteiger partial charge in [-0.1, -0.05) is 47.0 Å². The van der Waals surface area contributed by atoms with Crippen LogP contribution in [0.15, 0.2) is 0 Å². The van der Waals surface area contributed by atoms with E-state index in [0.717, 1.165) is 63.0 Å². The van der Waals surface area contributed by atoms with Crippen LogP contribution in [-0.2, 0) is 17.6 Å². The third-order valence-corrected chi connectivity index (χ3v) is 8.53. The van der Waals surface area contributed by atoms with Gasteiger partial charge in [0.1, 0.15) is 16.5 Å². The van der Waals surface area contributed by atoms with Crippen LogP contribution in [0.1, 0.15) is 94.8 Å². The molecule has 0 aromatic carbocycles. The molecule has 0 N–H and O–H groups in total. The Balaban J connectivity index is 1.55. The van der Waals surface area contributed by atoms with Gasteiger partial charge in [0.05, 0.1) is 5.39 Å². The van der Waals surface area contributed by atoms with Crippen molar-refractivity contribution in [3.05, 3.63) is 16.3 Å². The van der Waals surface area contributed by atoms with Gasteiger partial charge in [-0.3, -0.25) is 4.79 Å². The van der Waals surface area contributed by atoms with Crippen LogP contribution in [0.25, 0.3) is 10.2 Å². The first-order valence-corrected chi connectivity index (χ1v) is 13.7. The minimum atomic E-state index is 0.329. The minimum absolute atomic E-state index is 0.329. The molecule has 0 radical (unpaired) electrons. The smallest absolute Gasteiger partial charge is 0.222 e. The zero-order chi connectivity index (χ0) is 22.7. The number of amides is 1. The molecule has 2 aromatic heterocycles. The monoisotopic (exact) mass is 456 g/mol. The Kier molecular flexibility index (Phi) is 7.70. The summed E-state index contributed by atoms with van der Waals surface area (Å²) in [6.45, 7) is 12.4. The summed E-state index contributed by atoms with van der Waals surface area (Å²) in [6.07, 6.45) is 9.96. The fourth-order valence-electron chi connectivity index (χ4n) is 5.00. The van der Waals surface area contributed by atoms with Crippen molar-refractivity contribution in [1.29, 1.82) is 0 Å². The summed E-state index contributed by atoms with van der Waals surface area (Å²) in [4.78, 5) is 30.1. The summed E-state index contributed by atoms with van der Waals surface area (Å²) < 4.78 is 0. The van der Waals surface area contributed by atoms with Crippen LogP contribution in [0.2, 0.25) is 0 Å². The van der Waals surface area contributed by atoms with Gasteiger partial charge in [-0.05, 0) is 43.6 Å². The molecular weight excluding hydrogens is 416 g/mol. The standard InChI is InChI=1S/C26H40N4OS/c1-5-7-8-9-10-22(31)29-13-15-30(16-14-29)25-23-20-12-11-18(3)17-21(20)32-26(23)28-24(27-25)19(4)6-2/h18-19H,5-17H2,1-4H3/t18-,19-/m1/s1. The zero-order valence-electron chi connectivity index (χ0n) is 20.5. The van der Waals surface area contributed by atoms with Crippen molar-refractivity contribution in [2.24, 2.45) is 5.92 Å². The predicted molar refractivity (Wildman–Crippen MR) is 135 cm³/mol. The second kappa shape index (κ2) is 10.5. The number of nitrogens with zero attached hydrogens (tertiary/aromatic N) is 4. The predicted octanol–water partition coefficient (Wildman–Crippen LogP) is 5.95. The average Bonchev–Trinajstić information content (AvgIpc) is 3.18. The summed E-state index contributed by atoms with van der Waals surface area (Å²) in [5.41, 5.74) is 1.50. The fraction of sp³-hybridized carbons (Fsp3) is 0.731. The molecule has 0 spiro atoms. The van der Waals surface area contributed by atoms with E-state index in [9.17, 15) is 4.79 Å². The molecule has 1 amide bonds. The SMILES string of the molecule is CCCCCCC(=O)N1CCN(c2nc([C@H](C)CC)nc3sc4c(c23)CC[C@@H](C)C4)CC1. The van der Waals surface area contributed by atoms with Crippen molar-refractivity contribution in [1.82, 2.24) is 14.9 Å².